The number of hydrogen-bond donors (Lipinski definition) is 0. The van der Waals surface area contributed by atoms with Crippen LogP contribution in [0.15, 0.2) is 73.3 Å². The van der Waals surface area contributed by atoms with Gasteiger partial charge in [-0.1, -0.05) is 0 Å². The van der Waals surface area contributed by atoms with Crippen molar-refractivity contribution in [2.75, 3.05) is 30.7 Å². The molecule has 0 saturated carbocycles. The SMILES string of the molecule is CC[n+]1ccc(-c2cc3c(cc2OC)N2Cc4cc(-c5cc[n+](CC)cc5)c(OC)cc4N(C3)C2)cc1. The van der Waals surface area contributed by atoms with Gasteiger partial charge in [-0.15, -0.1) is 0 Å². The molecule has 0 amide bonds. The molecule has 2 aromatic carbocycles. The van der Waals surface area contributed by atoms with E-state index >= 15 is 0 Å². The Bertz CT molecular complexity index is 1340. The third kappa shape index (κ3) is 4.06. The molecule has 4 aromatic rings. The van der Waals surface area contributed by atoms with Crippen LogP contribution in [0.3, 0.4) is 0 Å². The zero-order chi connectivity index (χ0) is 25.5. The Labute approximate surface area is 218 Å². The summed E-state index contributed by atoms with van der Waals surface area (Å²) in [7, 11) is 3.53. The second kappa shape index (κ2) is 9.43. The fourth-order valence-corrected chi connectivity index (χ4v) is 5.59. The zero-order valence-corrected chi connectivity index (χ0v) is 22.1. The third-order valence-electron chi connectivity index (χ3n) is 7.68. The molecule has 188 valence electrons. The van der Waals surface area contributed by atoms with Crippen molar-refractivity contribution in [2.24, 2.45) is 0 Å². The van der Waals surface area contributed by atoms with Crippen molar-refractivity contribution < 1.29 is 18.6 Å². The van der Waals surface area contributed by atoms with E-state index in [4.69, 9.17) is 9.47 Å². The van der Waals surface area contributed by atoms with Crippen LogP contribution in [0.2, 0.25) is 0 Å². The van der Waals surface area contributed by atoms with Crippen molar-refractivity contribution in [1.29, 1.82) is 0 Å². The van der Waals surface area contributed by atoms with E-state index in [2.05, 4.69) is 106 Å². The Hall–Kier alpha value is -4.06. The van der Waals surface area contributed by atoms with Gasteiger partial charge in [-0.2, -0.15) is 0 Å². The molecule has 0 spiro atoms. The topological polar surface area (TPSA) is 32.7 Å². The number of pyridine rings is 2. The normalized spacial score (nSPS) is 13.7. The maximum Gasteiger partial charge on any atom is 0.169 e. The van der Waals surface area contributed by atoms with E-state index in [1.165, 1.54) is 33.6 Å². The average molecular weight is 495 g/mol. The van der Waals surface area contributed by atoms with Crippen LogP contribution in [0, 0.1) is 0 Å². The van der Waals surface area contributed by atoms with Gasteiger partial charge >= 0.3 is 0 Å². The lowest BCUT2D eigenvalue weighted by atomic mass is 9.94. The van der Waals surface area contributed by atoms with Gasteiger partial charge in [0.25, 0.3) is 0 Å². The Kier molecular flexibility index (Phi) is 5.95. The lowest BCUT2D eigenvalue weighted by Gasteiger charge is -2.45. The molecule has 0 atom stereocenters. The van der Waals surface area contributed by atoms with Crippen molar-refractivity contribution >= 4 is 11.4 Å². The molecule has 0 fully saturated rings. The highest BCUT2D eigenvalue weighted by molar-refractivity contribution is 5.81. The van der Waals surface area contributed by atoms with Gasteiger partial charge in [-0.25, -0.2) is 9.13 Å². The van der Waals surface area contributed by atoms with E-state index in [0.717, 1.165) is 55.5 Å². The van der Waals surface area contributed by atoms with E-state index in [9.17, 15) is 0 Å². The minimum absolute atomic E-state index is 0.849. The van der Waals surface area contributed by atoms with E-state index < -0.39 is 0 Å². The summed E-state index contributed by atoms with van der Waals surface area (Å²) in [6, 6.07) is 17.7. The molecule has 0 aliphatic carbocycles. The highest BCUT2D eigenvalue weighted by Crippen LogP contribution is 2.45. The summed E-state index contributed by atoms with van der Waals surface area (Å²) in [5, 5.41) is 0. The molecule has 2 bridgehead atoms. The minimum atomic E-state index is 0.849. The minimum Gasteiger partial charge on any atom is -0.496 e. The number of rotatable bonds is 6. The van der Waals surface area contributed by atoms with Gasteiger partial charge < -0.3 is 19.3 Å². The number of nitrogens with zero attached hydrogens (tertiary/aromatic N) is 4. The number of benzene rings is 2. The molecule has 6 rings (SSSR count). The molecular formula is C31H34N4O2+2. The highest BCUT2D eigenvalue weighted by Gasteiger charge is 2.32. The third-order valence-corrected chi connectivity index (χ3v) is 7.68. The Morgan fingerprint density at radius 2 is 1.05 bits per heavy atom. The number of anilines is 2. The summed E-state index contributed by atoms with van der Waals surface area (Å²) in [5.74, 6) is 1.83. The Morgan fingerprint density at radius 1 is 0.649 bits per heavy atom. The fraction of sp³-hybridized carbons (Fsp3) is 0.290. The molecule has 2 aromatic heterocycles. The number of fused-ring (bicyclic) bond motifs is 6. The lowest BCUT2D eigenvalue weighted by molar-refractivity contribution is -0.693. The largest absolute Gasteiger partial charge is 0.496 e. The number of aromatic nitrogens is 2. The van der Waals surface area contributed by atoms with Crippen LogP contribution in [-0.2, 0) is 26.2 Å². The van der Waals surface area contributed by atoms with Crippen molar-refractivity contribution in [3.8, 4) is 33.8 Å². The van der Waals surface area contributed by atoms with Crippen molar-refractivity contribution in [2.45, 2.75) is 40.0 Å². The lowest BCUT2D eigenvalue weighted by Crippen LogP contribution is -2.46. The number of aryl methyl sites for hydroxylation is 2. The first-order valence-electron chi connectivity index (χ1n) is 13.0. The van der Waals surface area contributed by atoms with E-state index in [1.54, 1.807) is 14.2 Å². The summed E-state index contributed by atoms with van der Waals surface area (Å²) < 4.78 is 16.1. The average Bonchev–Trinajstić information content (AvgIpc) is 2.96. The van der Waals surface area contributed by atoms with Crippen LogP contribution in [0.25, 0.3) is 22.3 Å². The molecule has 0 radical (unpaired) electrons. The first-order chi connectivity index (χ1) is 18.1. The molecule has 0 saturated heterocycles. The van der Waals surface area contributed by atoms with Gasteiger partial charge in [-0.05, 0) is 48.2 Å². The van der Waals surface area contributed by atoms with Gasteiger partial charge in [0.15, 0.2) is 24.8 Å². The van der Waals surface area contributed by atoms with Gasteiger partial charge in [0.1, 0.15) is 24.6 Å². The Morgan fingerprint density at radius 3 is 1.41 bits per heavy atom. The second-order valence-electron chi connectivity index (χ2n) is 9.73. The maximum absolute atomic E-state index is 5.89. The summed E-state index contributed by atoms with van der Waals surface area (Å²) in [6.07, 6.45) is 8.52. The summed E-state index contributed by atoms with van der Waals surface area (Å²) in [4.78, 5) is 4.91. The molecule has 4 heterocycles. The summed E-state index contributed by atoms with van der Waals surface area (Å²) in [5.41, 5.74) is 9.74. The molecule has 6 heteroatoms. The van der Waals surface area contributed by atoms with Crippen LogP contribution in [0.1, 0.15) is 25.0 Å². The van der Waals surface area contributed by atoms with Crippen LogP contribution in [-0.4, -0.2) is 20.9 Å². The molecule has 37 heavy (non-hydrogen) atoms. The first-order valence-corrected chi connectivity index (χ1v) is 13.0. The van der Waals surface area contributed by atoms with Gasteiger partial charge in [-0.3, -0.25) is 0 Å². The van der Waals surface area contributed by atoms with Gasteiger partial charge in [0, 0.05) is 72.0 Å². The molecule has 0 unspecified atom stereocenters. The zero-order valence-electron chi connectivity index (χ0n) is 22.1. The smallest absolute Gasteiger partial charge is 0.169 e. The highest BCUT2D eigenvalue weighted by atomic mass is 16.5. The molecular weight excluding hydrogens is 460 g/mol. The number of hydrogen-bond acceptors (Lipinski definition) is 4. The van der Waals surface area contributed by atoms with Gasteiger partial charge in [0.2, 0.25) is 0 Å². The van der Waals surface area contributed by atoms with Gasteiger partial charge in [0.05, 0.1) is 20.9 Å². The molecule has 2 aliphatic heterocycles. The monoisotopic (exact) mass is 494 g/mol. The number of ether oxygens (including phenoxy) is 2. The predicted molar refractivity (Wildman–Crippen MR) is 146 cm³/mol. The fourth-order valence-electron chi connectivity index (χ4n) is 5.59. The van der Waals surface area contributed by atoms with E-state index in [-0.39, 0.29) is 0 Å². The van der Waals surface area contributed by atoms with Crippen molar-refractivity contribution in [1.82, 2.24) is 0 Å². The van der Waals surface area contributed by atoms with Crippen LogP contribution < -0.4 is 28.4 Å². The summed E-state index contributed by atoms with van der Waals surface area (Å²) in [6.45, 7) is 8.77. The predicted octanol–water partition coefficient (Wildman–Crippen LogP) is 4.95. The van der Waals surface area contributed by atoms with Crippen molar-refractivity contribution in [3.05, 3.63) is 84.4 Å². The van der Waals surface area contributed by atoms with E-state index in [0.29, 0.717) is 0 Å². The molecule has 2 aliphatic rings. The molecule has 0 N–H and O–H groups in total. The quantitative estimate of drug-likeness (QED) is 0.355. The first kappa shape index (κ1) is 23.3. The second-order valence-corrected chi connectivity index (χ2v) is 9.73. The van der Waals surface area contributed by atoms with Crippen molar-refractivity contribution in [3.63, 3.8) is 0 Å². The standard InChI is InChI=1S/C31H34N4O2/c1-5-32-11-7-22(8-12-32)26-15-24-19-34-21-35(28(24)17-30(26)36-3)20-25-16-27(31(37-4)18-29(25)34)23-9-13-33(6-2)14-10-23/h7-18H,5-6,19-21H2,1-4H3/q+2. The Balaban J connectivity index is 1.39. The maximum atomic E-state index is 5.89. The van der Waals surface area contributed by atoms with Crippen LogP contribution >= 0.6 is 0 Å². The van der Waals surface area contributed by atoms with E-state index in [1.807, 2.05) is 0 Å². The molecule has 6 nitrogen and oxygen atoms in total. The number of methoxy groups -OCH3 is 2. The summed E-state index contributed by atoms with van der Waals surface area (Å²) >= 11 is 0. The van der Waals surface area contributed by atoms with Crippen LogP contribution in [0.5, 0.6) is 11.5 Å². The van der Waals surface area contributed by atoms with Crippen LogP contribution in [0.4, 0.5) is 11.4 Å².